The normalized spacial score (nSPS) is 16.5. The summed E-state index contributed by atoms with van der Waals surface area (Å²) in [6, 6.07) is 5.38. The van der Waals surface area contributed by atoms with E-state index in [2.05, 4.69) is 27.0 Å². The van der Waals surface area contributed by atoms with Crippen LogP contribution in [-0.4, -0.2) is 64.6 Å². The molecule has 0 unspecified atom stereocenters. The molecule has 0 aliphatic carbocycles. The quantitative estimate of drug-likeness (QED) is 0.628. The third-order valence-electron chi connectivity index (χ3n) is 5.40. The number of benzene rings is 1. The number of rotatable bonds is 9. The molecule has 1 fully saturated rings. The zero-order valence-electron chi connectivity index (χ0n) is 17.7. The number of β-amino-alcohol motifs (C(OH)–C–C–N with tert-alkyl or cyclic N) is 1. The van der Waals surface area contributed by atoms with Gasteiger partial charge in [-0.05, 0) is 31.0 Å². The second kappa shape index (κ2) is 10.9. The fourth-order valence-electron chi connectivity index (χ4n) is 3.50. The van der Waals surface area contributed by atoms with E-state index >= 15 is 0 Å². The van der Waals surface area contributed by atoms with Gasteiger partial charge in [0.2, 0.25) is 5.89 Å². The zero-order valence-corrected chi connectivity index (χ0v) is 18.5. The molecule has 0 saturated carbocycles. The summed E-state index contributed by atoms with van der Waals surface area (Å²) in [4.78, 5) is 21.3. The van der Waals surface area contributed by atoms with Gasteiger partial charge in [-0.25, -0.2) is 4.98 Å². The lowest BCUT2D eigenvalue weighted by Gasteiger charge is -2.35. The van der Waals surface area contributed by atoms with Crippen molar-refractivity contribution in [1.82, 2.24) is 14.8 Å². The minimum Gasteiger partial charge on any atom is -0.447 e. The number of halogens is 1. The maximum absolute atomic E-state index is 12.4. The third-order valence-corrected chi connectivity index (χ3v) is 5.80. The maximum Gasteiger partial charge on any atom is 0.277 e. The van der Waals surface area contributed by atoms with E-state index in [4.69, 9.17) is 16.0 Å². The second-order valence-corrected chi connectivity index (χ2v) is 8.32. The largest absolute Gasteiger partial charge is 0.447 e. The van der Waals surface area contributed by atoms with Gasteiger partial charge in [-0.1, -0.05) is 37.4 Å². The molecule has 1 aliphatic rings. The van der Waals surface area contributed by atoms with Gasteiger partial charge in [0.25, 0.3) is 5.91 Å². The van der Waals surface area contributed by atoms with E-state index in [0.29, 0.717) is 23.1 Å². The van der Waals surface area contributed by atoms with Crippen LogP contribution in [0.15, 0.2) is 28.9 Å². The minimum atomic E-state index is -0.323. The Morgan fingerprint density at radius 2 is 2.03 bits per heavy atom. The number of carbonyl (C=O) groups excluding carboxylic acids is 1. The van der Waals surface area contributed by atoms with E-state index in [1.54, 1.807) is 12.1 Å². The first-order chi connectivity index (χ1) is 14.4. The number of nitrogens with one attached hydrogen (secondary N) is 1. The lowest BCUT2D eigenvalue weighted by molar-refractivity contribution is 0.0627. The van der Waals surface area contributed by atoms with E-state index in [9.17, 15) is 9.90 Å². The predicted octanol–water partition coefficient (Wildman–Crippen LogP) is 3.56. The molecule has 2 heterocycles. The number of oxazole rings is 1. The molecular weight excluding hydrogens is 404 g/mol. The van der Waals surface area contributed by atoms with Crippen molar-refractivity contribution in [2.45, 2.75) is 45.8 Å². The Labute approximate surface area is 183 Å². The number of unbranched alkanes of at least 4 members (excludes halogenated alkanes) is 1. The first-order valence-electron chi connectivity index (χ1n) is 10.6. The van der Waals surface area contributed by atoms with E-state index in [-0.39, 0.29) is 17.7 Å². The Kier molecular flexibility index (Phi) is 8.27. The summed E-state index contributed by atoms with van der Waals surface area (Å²) in [6.45, 7) is 8.93. The minimum absolute atomic E-state index is 0.243. The molecule has 0 bridgehead atoms. The third kappa shape index (κ3) is 6.54. The number of hydrogen-bond donors (Lipinski definition) is 2. The van der Waals surface area contributed by atoms with Gasteiger partial charge in [0, 0.05) is 43.4 Å². The average Bonchev–Trinajstić information content (AvgIpc) is 3.19. The van der Waals surface area contributed by atoms with E-state index in [0.717, 1.165) is 57.5 Å². The summed E-state index contributed by atoms with van der Waals surface area (Å²) in [6.07, 6.45) is 4.19. The second-order valence-electron chi connectivity index (χ2n) is 7.92. The van der Waals surface area contributed by atoms with Crippen LogP contribution < -0.4 is 5.32 Å². The summed E-state index contributed by atoms with van der Waals surface area (Å²) in [5.41, 5.74) is 1.82. The number of nitrogens with zero attached hydrogens (tertiary/aromatic N) is 3. The summed E-state index contributed by atoms with van der Waals surface area (Å²) < 4.78 is 5.51. The topological polar surface area (TPSA) is 81.8 Å². The highest BCUT2D eigenvalue weighted by Gasteiger charge is 2.21. The number of hydrogen-bond acceptors (Lipinski definition) is 6. The van der Waals surface area contributed by atoms with Crippen molar-refractivity contribution >= 4 is 23.2 Å². The molecule has 1 amide bonds. The molecule has 164 valence electrons. The number of anilines is 1. The van der Waals surface area contributed by atoms with Gasteiger partial charge in [0.1, 0.15) is 6.26 Å². The van der Waals surface area contributed by atoms with Crippen LogP contribution in [0.25, 0.3) is 0 Å². The van der Waals surface area contributed by atoms with E-state index in [1.165, 1.54) is 6.26 Å². The molecule has 2 N–H and O–H groups in total. The Balaban J connectivity index is 1.45. The highest BCUT2D eigenvalue weighted by molar-refractivity contribution is 6.31. The first kappa shape index (κ1) is 22.7. The van der Waals surface area contributed by atoms with Crippen molar-refractivity contribution in [2.75, 3.05) is 38.0 Å². The summed E-state index contributed by atoms with van der Waals surface area (Å²) in [5.74, 6) is 0.203. The molecular formula is C22H31ClN4O3. The zero-order chi connectivity index (χ0) is 21.5. The lowest BCUT2D eigenvalue weighted by Crippen LogP contribution is -2.48. The summed E-state index contributed by atoms with van der Waals surface area (Å²) >= 11 is 6.11. The molecule has 1 aliphatic heterocycles. The number of aliphatic hydroxyl groups is 1. The van der Waals surface area contributed by atoms with Crippen LogP contribution in [0.1, 0.15) is 48.1 Å². The number of aromatic nitrogens is 1. The number of carbonyl (C=O) groups is 1. The van der Waals surface area contributed by atoms with Crippen molar-refractivity contribution in [1.29, 1.82) is 0 Å². The van der Waals surface area contributed by atoms with Crippen LogP contribution in [0.4, 0.5) is 5.69 Å². The van der Waals surface area contributed by atoms with Crippen molar-refractivity contribution in [3.63, 3.8) is 0 Å². The first-order valence-corrected chi connectivity index (χ1v) is 11.0. The van der Waals surface area contributed by atoms with Gasteiger partial charge in [0.05, 0.1) is 12.6 Å². The molecule has 1 aromatic carbocycles. The fourth-order valence-corrected chi connectivity index (χ4v) is 3.68. The molecule has 0 radical (unpaired) electrons. The number of aryl methyl sites for hydroxylation is 1. The van der Waals surface area contributed by atoms with Gasteiger partial charge >= 0.3 is 0 Å². The summed E-state index contributed by atoms with van der Waals surface area (Å²) in [5, 5.41) is 13.5. The van der Waals surface area contributed by atoms with Gasteiger partial charge in [-0.15, -0.1) is 0 Å². The predicted molar refractivity (Wildman–Crippen MR) is 118 cm³/mol. The Morgan fingerprint density at radius 3 is 2.73 bits per heavy atom. The van der Waals surface area contributed by atoms with Crippen molar-refractivity contribution in [2.24, 2.45) is 0 Å². The van der Waals surface area contributed by atoms with Crippen molar-refractivity contribution in [3.05, 3.63) is 46.6 Å². The smallest absolute Gasteiger partial charge is 0.277 e. The Morgan fingerprint density at radius 1 is 1.30 bits per heavy atom. The monoisotopic (exact) mass is 434 g/mol. The molecule has 8 heteroatoms. The van der Waals surface area contributed by atoms with Gasteiger partial charge < -0.3 is 14.8 Å². The van der Waals surface area contributed by atoms with Crippen molar-refractivity contribution < 1.29 is 14.3 Å². The number of aliphatic hydroxyl groups excluding tert-OH is 1. The van der Waals surface area contributed by atoms with Crippen LogP contribution >= 0.6 is 11.6 Å². The van der Waals surface area contributed by atoms with E-state index < -0.39 is 0 Å². The molecule has 30 heavy (non-hydrogen) atoms. The molecule has 0 spiro atoms. The molecule has 2 aromatic rings. The number of amides is 1. The summed E-state index contributed by atoms with van der Waals surface area (Å²) in [7, 11) is 0. The van der Waals surface area contributed by atoms with Crippen LogP contribution in [0.3, 0.4) is 0 Å². The van der Waals surface area contributed by atoms with Gasteiger partial charge in [-0.2, -0.15) is 0 Å². The van der Waals surface area contributed by atoms with Gasteiger partial charge in [-0.3, -0.25) is 14.6 Å². The highest BCUT2D eigenvalue weighted by atomic mass is 35.5. The van der Waals surface area contributed by atoms with Crippen LogP contribution in [0.5, 0.6) is 0 Å². The molecule has 3 rings (SSSR count). The van der Waals surface area contributed by atoms with Gasteiger partial charge in [0.15, 0.2) is 5.69 Å². The maximum atomic E-state index is 12.4. The molecule has 1 atom stereocenters. The Bertz CT molecular complexity index is 834. The Hall–Kier alpha value is -1.93. The molecule has 1 saturated heterocycles. The van der Waals surface area contributed by atoms with Crippen LogP contribution in [0, 0.1) is 6.92 Å². The molecule has 1 aromatic heterocycles. The lowest BCUT2D eigenvalue weighted by atomic mass is 10.1. The highest BCUT2D eigenvalue weighted by Crippen LogP contribution is 2.20. The molecule has 7 nitrogen and oxygen atoms in total. The van der Waals surface area contributed by atoms with Crippen LogP contribution in [-0.2, 0) is 6.54 Å². The standard InChI is InChI=1S/C22H31ClN4O3/c1-3-4-5-18(28)13-26-8-10-27(11-9-26)14-21-25-20(15-30-21)22(29)24-17-7-6-16(2)19(23)12-17/h6-7,12,15,18,28H,3-5,8-11,13-14H2,1-2H3,(H,24,29)/t18-/m1/s1. The van der Waals surface area contributed by atoms with Crippen molar-refractivity contribution in [3.8, 4) is 0 Å². The average molecular weight is 435 g/mol. The number of piperazine rings is 1. The van der Waals surface area contributed by atoms with Crippen LogP contribution in [0.2, 0.25) is 5.02 Å². The van der Waals surface area contributed by atoms with E-state index in [1.807, 2.05) is 13.0 Å². The SMILES string of the molecule is CCCC[C@@H](O)CN1CCN(Cc2nc(C(=O)Nc3ccc(C)c(Cl)c3)co2)CC1. The fraction of sp³-hybridized carbons (Fsp3) is 0.545.